The number of ether oxygens (including phenoxy) is 1. The minimum absolute atomic E-state index is 0.0121. The van der Waals surface area contributed by atoms with Crippen LogP contribution in [0.15, 0.2) is 53.4 Å². The van der Waals surface area contributed by atoms with E-state index in [-0.39, 0.29) is 16.4 Å². The van der Waals surface area contributed by atoms with Gasteiger partial charge in [0.25, 0.3) is 10.0 Å². The number of nitrogens with one attached hydrogen (secondary N) is 1. The van der Waals surface area contributed by atoms with Gasteiger partial charge in [0.2, 0.25) is 0 Å². The predicted molar refractivity (Wildman–Crippen MR) is 115 cm³/mol. The average Bonchev–Trinajstić information content (AvgIpc) is 2.68. The molecule has 0 bridgehead atoms. The molecule has 0 aromatic heterocycles. The summed E-state index contributed by atoms with van der Waals surface area (Å²) in [4.78, 5) is 2.55. The van der Waals surface area contributed by atoms with Gasteiger partial charge in [-0.15, -0.1) is 0 Å². The molecule has 1 aliphatic heterocycles. The SMILES string of the molecule is COC1CCCN(c2ccc(NS(=O)(=O)c3ccc(C(C)(C)C)cc3)cc2)C1. The molecule has 0 aliphatic carbocycles. The number of anilines is 2. The maximum atomic E-state index is 12.7. The van der Waals surface area contributed by atoms with E-state index in [1.165, 1.54) is 0 Å². The largest absolute Gasteiger partial charge is 0.380 e. The molecule has 2 aromatic carbocycles. The Morgan fingerprint density at radius 3 is 2.25 bits per heavy atom. The lowest BCUT2D eigenvalue weighted by molar-refractivity contribution is 0.0893. The van der Waals surface area contributed by atoms with E-state index in [1.54, 1.807) is 19.2 Å². The van der Waals surface area contributed by atoms with Crippen molar-refractivity contribution < 1.29 is 13.2 Å². The fourth-order valence-corrected chi connectivity index (χ4v) is 4.51. The number of sulfonamides is 1. The highest BCUT2D eigenvalue weighted by atomic mass is 32.2. The van der Waals surface area contributed by atoms with E-state index in [1.807, 2.05) is 36.4 Å². The van der Waals surface area contributed by atoms with Crippen molar-refractivity contribution in [1.82, 2.24) is 0 Å². The lowest BCUT2D eigenvalue weighted by atomic mass is 9.87. The van der Waals surface area contributed by atoms with Crippen LogP contribution in [0.2, 0.25) is 0 Å². The first-order valence-electron chi connectivity index (χ1n) is 9.70. The molecular formula is C22H30N2O3S. The monoisotopic (exact) mass is 402 g/mol. The van der Waals surface area contributed by atoms with Gasteiger partial charge in [0, 0.05) is 31.6 Å². The topological polar surface area (TPSA) is 58.6 Å². The highest BCUT2D eigenvalue weighted by molar-refractivity contribution is 7.92. The summed E-state index contributed by atoms with van der Waals surface area (Å²) in [5.74, 6) is 0. The van der Waals surface area contributed by atoms with Crippen molar-refractivity contribution in [2.75, 3.05) is 29.8 Å². The second kappa shape index (κ2) is 8.13. The van der Waals surface area contributed by atoms with Gasteiger partial charge in [-0.05, 0) is 60.2 Å². The first-order valence-corrected chi connectivity index (χ1v) is 11.2. The molecular weight excluding hydrogens is 372 g/mol. The Balaban J connectivity index is 1.70. The molecule has 3 rings (SSSR count). The Hall–Kier alpha value is -2.05. The standard InChI is InChI=1S/C22H30N2O3S/c1-22(2,3)17-7-13-21(14-8-17)28(25,26)23-18-9-11-19(12-10-18)24-15-5-6-20(16-24)27-4/h7-14,20,23H,5-6,15-16H2,1-4H3. The molecule has 152 valence electrons. The van der Waals surface area contributed by atoms with Gasteiger partial charge in [-0.25, -0.2) is 8.42 Å². The van der Waals surface area contributed by atoms with E-state index in [2.05, 4.69) is 30.4 Å². The number of hydrogen-bond acceptors (Lipinski definition) is 4. The van der Waals surface area contributed by atoms with Crippen LogP contribution in [0.5, 0.6) is 0 Å². The highest BCUT2D eigenvalue weighted by Gasteiger charge is 2.20. The first-order chi connectivity index (χ1) is 13.2. The van der Waals surface area contributed by atoms with Crippen molar-refractivity contribution in [2.45, 2.75) is 50.0 Å². The molecule has 1 saturated heterocycles. The Morgan fingerprint density at radius 1 is 1.04 bits per heavy atom. The molecule has 0 radical (unpaired) electrons. The summed E-state index contributed by atoms with van der Waals surface area (Å²) in [7, 11) is -1.86. The van der Waals surface area contributed by atoms with Crippen molar-refractivity contribution >= 4 is 21.4 Å². The quantitative estimate of drug-likeness (QED) is 0.805. The van der Waals surface area contributed by atoms with Gasteiger partial charge in [-0.3, -0.25) is 4.72 Å². The lowest BCUT2D eigenvalue weighted by Gasteiger charge is -2.33. The van der Waals surface area contributed by atoms with Crippen LogP contribution in [-0.2, 0) is 20.2 Å². The second-order valence-corrected chi connectivity index (χ2v) is 10.1. The summed E-state index contributed by atoms with van der Waals surface area (Å²) in [6.45, 7) is 8.17. The molecule has 28 heavy (non-hydrogen) atoms. The molecule has 5 nitrogen and oxygen atoms in total. The van der Waals surface area contributed by atoms with E-state index in [0.717, 1.165) is 37.2 Å². The molecule has 0 saturated carbocycles. The summed E-state index contributed by atoms with van der Waals surface area (Å²) in [5.41, 5.74) is 2.73. The summed E-state index contributed by atoms with van der Waals surface area (Å²) in [6, 6.07) is 14.6. The Morgan fingerprint density at radius 2 is 1.68 bits per heavy atom. The van der Waals surface area contributed by atoms with Crippen molar-refractivity contribution in [1.29, 1.82) is 0 Å². The van der Waals surface area contributed by atoms with Crippen molar-refractivity contribution in [2.24, 2.45) is 0 Å². The number of benzene rings is 2. The smallest absolute Gasteiger partial charge is 0.261 e. The highest BCUT2D eigenvalue weighted by Crippen LogP contribution is 2.26. The molecule has 1 unspecified atom stereocenters. The lowest BCUT2D eigenvalue weighted by Crippen LogP contribution is -2.39. The minimum Gasteiger partial charge on any atom is -0.380 e. The van der Waals surface area contributed by atoms with Crippen LogP contribution in [0.25, 0.3) is 0 Å². The van der Waals surface area contributed by atoms with E-state index in [9.17, 15) is 8.42 Å². The molecule has 1 atom stereocenters. The fourth-order valence-electron chi connectivity index (χ4n) is 3.45. The Kier molecular flexibility index (Phi) is 6.01. The number of hydrogen-bond donors (Lipinski definition) is 1. The molecule has 1 fully saturated rings. The van der Waals surface area contributed by atoms with E-state index >= 15 is 0 Å². The van der Waals surface area contributed by atoms with Gasteiger partial charge in [0.1, 0.15) is 0 Å². The average molecular weight is 403 g/mol. The fraction of sp³-hybridized carbons (Fsp3) is 0.455. The van der Waals surface area contributed by atoms with Gasteiger partial charge >= 0.3 is 0 Å². The van der Waals surface area contributed by atoms with Gasteiger partial charge in [-0.1, -0.05) is 32.9 Å². The molecule has 2 aromatic rings. The zero-order valence-electron chi connectivity index (χ0n) is 17.1. The second-order valence-electron chi connectivity index (χ2n) is 8.37. The van der Waals surface area contributed by atoms with Crippen LogP contribution >= 0.6 is 0 Å². The summed E-state index contributed by atoms with van der Waals surface area (Å²) < 4.78 is 33.5. The summed E-state index contributed by atoms with van der Waals surface area (Å²) in [6.07, 6.45) is 2.43. The van der Waals surface area contributed by atoms with E-state index in [4.69, 9.17) is 4.74 Å². The van der Waals surface area contributed by atoms with Crippen LogP contribution in [0.3, 0.4) is 0 Å². The molecule has 0 amide bonds. The molecule has 0 spiro atoms. The number of methoxy groups -OCH3 is 1. The van der Waals surface area contributed by atoms with Crippen molar-refractivity contribution in [3.8, 4) is 0 Å². The third-order valence-electron chi connectivity index (χ3n) is 5.23. The maximum absolute atomic E-state index is 12.7. The van der Waals surface area contributed by atoms with E-state index < -0.39 is 10.0 Å². The predicted octanol–water partition coefficient (Wildman–Crippen LogP) is 4.40. The number of nitrogens with zero attached hydrogens (tertiary/aromatic N) is 1. The number of piperidine rings is 1. The molecule has 1 heterocycles. The van der Waals surface area contributed by atoms with Crippen LogP contribution in [0.4, 0.5) is 11.4 Å². The summed E-state index contributed by atoms with van der Waals surface area (Å²) >= 11 is 0. The van der Waals surface area contributed by atoms with Crippen LogP contribution in [-0.4, -0.2) is 34.7 Å². The zero-order chi connectivity index (χ0) is 20.4. The Labute approximate surface area is 168 Å². The Bertz CT molecular complexity index is 885. The van der Waals surface area contributed by atoms with Crippen LogP contribution in [0, 0.1) is 0 Å². The maximum Gasteiger partial charge on any atom is 0.261 e. The first kappa shape index (κ1) is 20.7. The molecule has 6 heteroatoms. The van der Waals surface area contributed by atoms with Crippen molar-refractivity contribution in [3.63, 3.8) is 0 Å². The van der Waals surface area contributed by atoms with E-state index in [0.29, 0.717) is 5.69 Å². The summed E-state index contributed by atoms with van der Waals surface area (Å²) in [5, 5.41) is 0. The normalized spacial score (nSPS) is 18.1. The number of rotatable bonds is 5. The third-order valence-corrected chi connectivity index (χ3v) is 6.62. The zero-order valence-corrected chi connectivity index (χ0v) is 17.9. The van der Waals surface area contributed by atoms with Gasteiger partial charge in [-0.2, -0.15) is 0 Å². The van der Waals surface area contributed by atoms with Crippen molar-refractivity contribution in [3.05, 3.63) is 54.1 Å². The molecule has 1 N–H and O–H groups in total. The van der Waals surface area contributed by atoms with Crippen LogP contribution < -0.4 is 9.62 Å². The van der Waals surface area contributed by atoms with Gasteiger partial charge in [0.05, 0.1) is 11.0 Å². The molecule has 1 aliphatic rings. The minimum atomic E-state index is -3.61. The van der Waals surface area contributed by atoms with Gasteiger partial charge in [0.15, 0.2) is 0 Å². The van der Waals surface area contributed by atoms with Crippen LogP contribution in [0.1, 0.15) is 39.2 Å². The van der Waals surface area contributed by atoms with Gasteiger partial charge < -0.3 is 9.64 Å². The third kappa shape index (κ3) is 4.86.